The van der Waals surface area contributed by atoms with Crippen molar-refractivity contribution in [3.05, 3.63) is 27.7 Å². The van der Waals surface area contributed by atoms with E-state index in [0.29, 0.717) is 6.04 Å². The highest BCUT2D eigenvalue weighted by Gasteiger charge is 2.33. The van der Waals surface area contributed by atoms with Crippen molar-refractivity contribution in [2.45, 2.75) is 39.2 Å². The highest BCUT2D eigenvalue weighted by Crippen LogP contribution is 2.35. The van der Waals surface area contributed by atoms with Crippen molar-refractivity contribution in [2.75, 3.05) is 24.5 Å². The molecule has 0 radical (unpaired) electrons. The molecule has 3 heteroatoms. The topological polar surface area (TPSA) is 15.3 Å². The number of hydrogen-bond donors (Lipinski definition) is 1. The number of halogens is 1. The molecule has 0 bridgehead atoms. The van der Waals surface area contributed by atoms with E-state index in [1.807, 2.05) is 0 Å². The lowest BCUT2D eigenvalue weighted by Gasteiger charge is -2.29. The van der Waals surface area contributed by atoms with Crippen LogP contribution in [0.25, 0.3) is 0 Å². The van der Waals surface area contributed by atoms with E-state index >= 15 is 0 Å². The van der Waals surface area contributed by atoms with E-state index < -0.39 is 0 Å². The smallest absolute Gasteiger partial charge is 0.0426 e. The van der Waals surface area contributed by atoms with Crippen LogP contribution in [0.5, 0.6) is 0 Å². The summed E-state index contributed by atoms with van der Waals surface area (Å²) in [5, 5.41) is 3.74. The van der Waals surface area contributed by atoms with Crippen LogP contribution in [-0.2, 0) is 0 Å². The Bertz CT molecular complexity index is 445. The van der Waals surface area contributed by atoms with Gasteiger partial charge < -0.3 is 10.2 Å². The SMILES string of the molecule is Cc1cc(Br)cc(C)c1N1CCCNC(C2CC2)C1. The van der Waals surface area contributed by atoms with Crippen LogP contribution in [0.2, 0.25) is 0 Å². The lowest BCUT2D eigenvalue weighted by atomic mass is 10.1. The molecule has 1 atom stereocenters. The summed E-state index contributed by atoms with van der Waals surface area (Å²) in [6.45, 7) is 7.99. The normalized spacial score (nSPS) is 24.4. The Hall–Kier alpha value is -0.540. The molecule has 19 heavy (non-hydrogen) atoms. The van der Waals surface area contributed by atoms with Crippen LogP contribution in [0.1, 0.15) is 30.4 Å². The summed E-state index contributed by atoms with van der Waals surface area (Å²) < 4.78 is 1.19. The zero-order valence-electron chi connectivity index (χ0n) is 11.9. The standard InChI is InChI=1S/C16H23BrN2/c1-11-8-14(17)9-12(2)16(11)19-7-3-6-18-15(10-19)13-4-5-13/h8-9,13,15,18H,3-7,10H2,1-2H3. The first kappa shape index (κ1) is 13.4. The largest absolute Gasteiger partial charge is 0.369 e. The van der Waals surface area contributed by atoms with Gasteiger partial charge in [0.25, 0.3) is 0 Å². The molecule has 1 heterocycles. The molecule has 0 amide bonds. The molecule has 2 fully saturated rings. The third-order valence-corrected chi connectivity index (χ3v) is 4.85. The Morgan fingerprint density at radius 3 is 2.53 bits per heavy atom. The maximum Gasteiger partial charge on any atom is 0.0426 e. The molecule has 1 aliphatic heterocycles. The summed E-state index contributed by atoms with van der Waals surface area (Å²) in [5.41, 5.74) is 4.24. The van der Waals surface area contributed by atoms with E-state index in [0.717, 1.165) is 5.92 Å². The zero-order chi connectivity index (χ0) is 13.4. The number of aryl methyl sites for hydroxylation is 2. The summed E-state index contributed by atoms with van der Waals surface area (Å²) in [5.74, 6) is 0.927. The molecular formula is C16H23BrN2. The monoisotopic (exact) mass is 322 g/mol. The molecular weight excluding hydrogens is 300 g/mol. The van der Waals surface area contributed by atoms with Crippen molar-refractivity contribution < 1.29 is 0 Å². The molecule has 1 aromatic rings. The third kappa shape index (κ3) is 2.97. The molecule has 1 saturated heterocycles. The summed E-state index contributed by atoms with van der Waals surface area (Å²) in [7, 11) is 0. The van der Waals surface area contributed by atoms with Gasteiger partial charge in [-0.1, -0.05) is 15.9 Å². The molecule has 1 N–H and O–H groups in total. The van der Waals surface area contributed by atoms with E-state index in [2.05, 4.69) is 52.1 Å². The van der Waals surface area contributed by atoms with Gasteiger partial charge in [0.2, 0.25) is 0 Å². The number of nitrogens with zero attached hydrogens (tertiary/aromatic N) is 1. The van der Waals surface area contributed by atoms with E-state index in [4.69, 9.17) is 0 Å². The Morgan fingerprint density at radius 1 is 1.21 bits per heavy atom. The average molecular weight is 323 g/mol. The molecule has 1 aromatic carbocycles. The van der Waals surface area contributed by atoms with Crippen LogP contribution in [0.15, 0.2) is 16.6 Å². The van der Waals surface area contributed by atoms with Crippen molar-refractivity contribution in [2.24, 2.45) is 5.92 Å². The molecule has 104 valence electrons. The van der Waals surface area contributed by atoms with Gasteiger partial charge in [0, 0.05) is 29.3 Å². The lowest BCUT2D eigenvalue weighted by Crippen LogP contribution is -2.39. The van der Waals surface area contributed by atoms with Crippen LogP contribution in [-0.4, -0.2) is 25.7 Å². The minimum atomic E-state index is 0.699. The van der Waals surface area contributed by atoms with Gasteiger partial charge in [0.05, 0.1) is 0 Å². The quantitative estimate of drug-likeness (QED) is 0.894. The molecule has 1 unspecified atom stereocenters. The van der Waals surface area contributed by atoms with Crippen molar-refractivity contribution in [1.82, 2.24) is 5.32 Å². The Labute approximate surface area is 124 Å². The Balaban J connectivity index is 1.87. The maximum atomic E-state index is 3.74. The molecule has 0 aromatic heterocycles. The molecule has 2 aliphatic rings. The fourth-order valence-corrected chi connectivity index (χ4v) is 4.06. The molecule has 0 spiro atoms. The fourth-order valence-electron chi connectivity index (χ4n) is 3.37. The summed E-state index contributed by atoms with van der Waals surface area (Å²) >= 11 is 3.60. The van der Waals surface area contributed by atoms with Crippen molar-refractivity contribution >= 4 is 21.6 Å². The van der Waals surface area contributed by atoms with Crippen molar-refractivity contribution in [1.29, 1.82) is 0 Å². The lowest BCUT2D eigenvalue weighted by molar-refractivity contribution is 0.490. The van der Waals surface area contributed by atoms with Crippen molar-refractivity contribution in [3.63, 3.8) is 0 Å². The number of nitrogens with one attached hydrogen (secondary N) is 1. The minimum absolute atomic E-state index is 0.699. The maximum absolute atomic E-state index is 3.74. The van der Waals surface area contributed by atoms with Gasteiger partial charge in [-0.25, -0.2) is 0 Å². The Kier molecular flexibility index (Phi) is 3.86. The van der Waals surface area contributed by atoms with Gasteiger partial charge in [-0.2, -0.15) is 0 Å². The fraction of sp³-hybridized carbons (Fsp3) is 0.625. The number of rotatable bonds is 2. The molecule has 1 saturated carbocycles. The van der Waals surface area contributed by atoms with Gasteiger partial charge in [-0.3, -0.25) is 0 Å². The van der Waals surface area contributed by atoms with Crippen LogP contribution >= 0.6 is 15.9 Å². The highest BCUT2D eigenvalue weighted by atomic mass is 79.9. The van der Waals surface area contributed by atoms with Gasteiger partial charge in [0.1, 0.15) is 0 Å². The predicted molar refractivity (Wildman–Crippen MR) is 85.0 cm³/mol. The van der Waals surface area contributed by atoms with Crippen LogP contribution in [0.4, 0.5) is 5.69 Å². The Morgan fingerprint density at radius 2 is 1.89 bits per heavy atom. The van der Waals surface area contributed by atoms with E-state index in [9.17, 15) is 0 Å². The zero-order valence-corrected chi connectivity index (χ0v) is 13.5. The molecule has 2 nitrogen and oxygen atoms in total. The summed E-state index contributed by atoms with van der Waals surface area (Å²) in [4.78, 5) is 2.61. The van der Waals surface area contributed by atoms with E-state index in [-0.39, 0.29) is 0 Å². The van der Waals surface area contributed by atoms with Gasteiger partial charge in [0.15, 0.2) is 0 Å². The first-order chi connectivity index (χ1) is 9.15. The van der Waals surface area contributed by atoms with Crippen LogP contribution < -0.4 is 10.2 Å². The summed E-state index contributed by atoms with van der Waals surface area (Å²) in [6, 6.07) is 5.18. The molecule has 1 aliphatic carbocycles. The number of anilines is 1. The second-order valence-electron chi connectivity index (χ2n) is 6.09. The van der Waals surface area contributed by atoms with Gasteiger partial charge >= 0.3 is 0 Å². The van der Waals surface area contributed by atoms with Gasteiger partial charge in [-0.15, -0.1) is 0 Å². The van der Waals surface area contributed by atoms with Crippen LogP contribution in [0.3, 0.4) is 0 Å². The summed E-state index contributed by atoms with van der Waals surface area (Å²) in [6.07, 6.45) is 4.09. The number of hydrogen-bond acceptors (Lipinski definition) is 2. The average Bonchev–Trinajstić information content (AvgIpc) is 3.14. The predicted octanol–water partition coefficient (Wildman–Crippen LogP) is 3.64. The highest BCUT2D eigenvalue weighted by molar-refractivity contribution is 9.10. The van der Waals surface area contributed by atoms with Crippen molar-refractivity contribution in [3.8, 4) is 0 Å². The first-order valence-electron chi connectivity index (χ1n) is 7.40. The second kappa shape index (κ2) is 5.45. The minimum Gasteiger partial charge on any atom is -0.369 e. The third-order valence-electron chi connectivity index (χ3n) is 4.39. The van der Waals surface area contributed by atoms with Crippen LogP contribution in [0, 0.1) is 19.8 Å². The van der Waals surface area contributed by atoms with Gasteiger partial charge in [-0.05, 0) is 68.8 Å². The van der Waals surface area contributed by atoms with E-state index in [1.54, 1.807) is 0 Å². The first-order valence-corrected chi connectivity index (χ1v) is 8.19. The number of benzene rings is 1. The van der Waals surface area contributed by atoms with E-state index in [1.165, 1.54) is 60.2 Å². The second-order valence-corrected chi connectivity index (χ2v) is 7.00. The molecule has 3 rings (SSSR count).